The van der Waals surface area contributed by atoms with E-state index in [4.69, 9.17) is 14.4 Å². The van der Waals surface area contributed by atoms with Gasteiger partial charge in [-0.05, 0) is 82.6 Å². The Hall–Kier alpha value is -8.54. The molecule has 0 aliphatic heterocycles. The summed E-state index contributed by atoms with van der Waals surface area (Å²) in [5.74, 6) is 1.29. The highest BCUT2D eigenvalue weighted by molar-refractivity contribution is 6.11. The van der Waals surface area contributed by atoms with Gasteiger partial charge >= 0.3 is 0 Å². The molecule has 0 bridgehead atoms. The molecule has 0 amide bonds. The highest BCUT2D eigenvalue weighted by atomic mass is 16.3. The van der Waals surface area contributed by atoms with Crippen LogP contribution in [0, 0.1) is 0 Å². The number of rotatable bonds is 6. The number of furan rings is 1. The first kappa shape index (κ1) is 35.2. The number of para-hydroxylation sites is 5. The number of benzene rings is 9. The normalized spacial score (nSPS) is 11.8. The van der Waals surface area contributed by atoms with Crippen LogP contribution in [0.3, 0.4) is 0 Å². The second kappa shape index (κ2) is 14.0. The fourth-order valence-electron chi connectivity index (χ4n) is 9.64. The summed E-state index contributed by atoms with van der Waals surface area (Å²) in [6.45, 7) is 0. The number of fused-ring (bicyclic) bond motifs is 8. The fraction of sp³-hybridized carbons (Fsp3) is 0. The molecule has 0 saturated carbocycles. The molecular formula is C58H36N4O. The van der Waals surface area contributed by atoms with Crippen LogP contribution in [0.1, 0.15) is 0 Å². The van der Waals surface area contributed by atoms with Crippen molar-refractivity contribution in [1.82, 2.24) is 19.1 Å². The van der Waals surface area contributed by atoms with Crippen LogP contribution < -0.4 is 0 Å². The Morgan fingerprint density at radius 1 is 0.333 bits per heavy atom. The Balaban J connectivity index is 1.07. The molecular weight excluding hydrogens is 769 g/mol. The van der Waals surface area contributed by atoms with Gasteiger partial charge in [0.15, 0.2) is 11.6 Å². The van der Waals surface area contributed by atoms with Gasteiger partial charge in [-0.2, -0.15) is 0 Å². The van der Waals surface area contributed by atoms with Crippen LogP contribution >= 0.6 is 0 Å². The van der Waals surface area contributed by atoms with Crippen LogP contribution in [0.4, 0.5) is 0 Å². The predicted octanol–water partition coefficient (Wildman–Crippen LogP) is 15.2. The molecule has 0 spiro atoms. The van der Waals surface area contributed by atoms with Crippen molar-refractivity contribution in [3.8, 4) is 56.6 Å². The molecule has 5 nitrogen and oxygen atoms in total. The molecule has 5 heteroatoms. The van der Waals surface area contributed by atoms with E-state index in [1.807, 2.05) is 18.2 Å². The van der Waals surface area contributed by atoms with Gasteiger partial charge in [-0.25, -0.2) is 9.97 Å². The van der Waals surface area contributed by atoms with Gasteiger partial charge in [-0.3, -0.25) is 0 Å². The molecule has 0 radical (unpaired) electrons. The molecule has 0 aliphatic rings. The molecule has 0 unspecified atom stereocenters. The molecule has 63 heavy (non-hydrogen) atoms. The highest BCUT2D eigenvalue weighted by Gasteiger charge is 2.20. The standard InChI is InChI=1S/C58H36N4O/c1-3-17-44-37(14-1)16-13-22-45(44)38-28-30-39(31-29-38)50-36-51(57-34-40-15-2-12-27-56(40)63-57)60-58(59-50)41-32-42(61-52-23-8-4-18-46(52)47-19-5-9-24-53(47)61)35-43(33-41)62-54-25-10-6-20-48(54)49-21-7-11-26-55(49)62/h1-36H. The lowest BCUT2D eigenvalue weighted by Gasteiger charge is -2.16. The van der Waals surface area contributed by atoms with Gasteiger partial charge in [-0.15, -0.1) is 0 Å². The van der Waals surface area contributed by atoms with Gasteiger partial charge in [0.05, 0.1) is 27.8 Å². The quantitative estimate of drug-likeness (QED) is 0.168. The van der Waals surface area contributed by atoms with Crippen molar-refractivity contribution in [1.29, 1.82) is 0 Å². The van der Waals surface area contributed by atoms with Crippen LogP contribution in [0.25, 0.3) is 122 Å². The number of hydrogen-bond acceptors (Lipinski definition) is 3. The van der Waals surface area contributed by atoms with Crippen molar-refractivity contribution >= 4 is 65.4 Å². The summed E-state index contributed by atoms with van der Waals surface area (Å²) in [4.78, 5) is 10.8. The Bertz CT molecular complexity index is 3650. The van der Waals surface area contributed by atoms with E-state index in [1.165, 1.54) is 37.9 Å². The Morgan fingerprint density at radius 2 is 0.810 bits per heavy atom. The molecule has 4 heterocycles. The van der Waals surface area contributed by atoms with Gasteiger partial charge in [-0.1, -0.05) is 158 Å². The smallest absolute Gasteiger partial charge is 0.160 e. The average molecular weight is 805 g/mol. The number of hydrogen-bond donors (Lipinski definition) is 0. The molecule has 0 atom stereocenters. The first-order valence-electron chi connectivity index (χ1n) is 21.3. The summed E-state index contributed by atoms with van der Waals surface area (Å²) < 4.78 is 11.3. The second-order valence-corrected chi connectivity index (χ2v) is 16.2. The zero-order valence-electron chi connectivity index (χ0n) is 34.0. The van der Waals surface area contributed by atoms with Crippen molar-refractivity contribution in [2.75, 3.05) is 0 Å². The van der Waals surface area contributed by atoms with Crippen molar-refractivity contribution in [2.24, 2.45) is 0 Å². The summed E-state index contributed by atoms with van der Waals surface area (Å²) in [7, 11) is 0. The van der Waals surface area contributed by atoms with Crippen molar-refractivity contribution in [3.05, 3.63) is 218 Å². The van der Waals surface area contributed by atoms with Crippen LogP contribution in [0.2, 0.25) is 0 Å². The maximum Gasteiger partial charge on any atom is 0.160 e. The molecule has 0 fully saturated rings. The third kappa shape index (κ3) is 5.71. The molecule has 13 rings (SSSR count). The lowest BCUT2D eigenvalue weighted by atomic mass is 9.97. The van der Waals surface area contributed by atoms with Crippen molar-refractivity contribution < 1.29 is 4.42 Å². The van der Waals surface area contributed by atoms with Gasteiger partial charge in [0.25, 0.3) is 0 Å². The third-order valence-corrected chi connectivity index (χ3v) is 12.5. The monoisotopic (exact) mass is 804 g/mol. The summed E-state index contributed by atoms with van der Waals surface area (Å²) >= 11 is 0. The lowest BCUT2D eigenvalue weighted by molar-refractivity contribution is 0.628. The van der Waals surface area contributed by atoms with Gasteiger partial charge in [0.2, 0.25) is 0 Å². The molecule has 0 aliphatic carbocycles. The minimum atomic E-state index is 0.603. The largest absolute Gasteiger partial charge is 0.454 e. The molecule has 0 N–H and O–H groups in total. The summed E-state index contributed by atoms with van der Waals surface area (Å²) in [6.07, 6.45) is 0. The van der Waals surface area contributed by atoms with Crippen molar-refractivity contribution in [3.63, 3.8) is 0 Å². The van der Waals surface area contributed by atoms with E-state index in [0.29, 0.717) is 17.3 Å². The first-order valence-corrected chi connectivity index (χ1v) is 21.3. The molecule has 294 valence electrons. The van der Waals surface area contributed by atoms with Crippen LogP contribution in [0.15, 0.2) is 223 Å². The van der Waals surface area contributed by atoms with Gasteiger partial charge in [0.1, 0.15) is 11.3 Å². The Morgan fingerprint density at radius 3 is 1.40 bits per heavy atom. The summed E-state index contributed by atoms with van der Waals surface area (Å²) in [5.41, 5.74) is 13.1. The molecule has 4 aromatic heterocycles. The average Bonchev–Trinajstić information content (AvgIpc) is 4.04. The molecule has 13 aromatic rings. The van der Waals surface area contributed by atoms with Crippen LogP contribution in [-0.4, -0.2) is 19.1 Å². The van der Waals surface area contributed by atoms with E-state index in [2.05, 4.69) is 209 Å². The minimum Gasteiger partial charge on any atom is -0.454 e. The van der Waals surface area contributed by atoms with Gasteiger partial charge < -0.3 is 13.6 Å². The van der Waals surface area contributed by atoms with E-state index in [0.717, 1.165) is 66.8 Å². The maximum atomic E-state index is 6.51. The van der Waals surface area contributed by atoms with Gasteiger partial charge in [0, 0.05) is 49.4 Å². The maximum absolute atomic E-state index is 6.51. The number of aromatic nitrogens is 4. The molecule has 0 saturated heterocycles. The number of nitrogens with zero attached hydrogens (tertiary/aromatic N) is 4. The van der Waals surface area contributed by atoms with E-state index in [1.54, 1.807) is 0 Å². The Kier molecular flexibility index (Phi) is 7.84. The van der Waals surface area contributed by atoms with E-state index < -0.39 is 0 Å². The van der Waals surface area contributed by atoms with E-state index >= 15 is 0 Å². The van der Waals surface area contributed by atoms with E-state index in [9.17, 15) is 0 Å². The summed E-state index contributed by atoms with van der Waals surface area (Å²) in [5, 5.41) is 8.28. The topological polar surface area (TPSA) is 48.8 Å². The highest BCUT2D eigenvalue weighted by Crippen LogP contribution is 2.39. The minimum absolute atomic E-state index is 0.603. The predicted molar refractivity (Wildman–Crippen MR) is 260 cm³/mol. The zero-order valence-corrected chi connectivity index (χ0v) is 34.0. The second-order valence-electron chi connectivity index (χ2n) is 16.2. The SMILES string of the molecule is c1ccc2oc(-c3cc(-c4ccc(-c5cccc6ccccc56)cc4)nc(-c4cc(-n5c6ccccc6c6ccccc65)cc(-n5c6ccccc6c6ccccc65)c4)n3)cc2c1. The summed E-state index contributed by atoms with van der Waals surface area (Å²) in [6, 6.07) is 77.4. The molecule has 9 aromatic carbocycles. The van der Waals surface area contributed by atoms with Crippen molar-refractivity contribution in [2.45, 2.75) is 0 Å². The zero-order chi connectivity index (χ0) is 41.4. The Labute approximate surface area is 362 Å². The van der Waals surface area contributed by atoms with Crippen LogP contribution in [-0.2, 0) is 0 Å². The van der Waals surface area contributed by atoms with E-state index in [-0.39, 0.29) is 0 Å². The fourth-order valence-corrected chi connectivity index (χ4v) is 9.64. The lowest BCUT2D eigenvalue weighted by Crippen LogP contribution is -2.02. The van der Waals surface area contributed by atoms with Crippen LogP contribution in [0.5, 0.6) is 0 Å². The third-order valence-electron chi connectivity index (χ3n) is 12.5. The first-order chi connectivity index (χ1) is 31.2.